The molecule has 0 saturated heterocycles. The maximum absolute atomic E-state index is 12.5. The van der Waals surface area contributed by atoms with Crippen LogP contribution >= 0.6 is 0 Å². The summed E-state index contributed by atoms with van der Waals surface area (Å²) in [6.45, 7) is 4.85. The topological polar surface area (TPSA) is 95.9 Å². The van der Waals surface area contributed by atoms with E-state index in [1.165, 1.54) is 244 Å². The van der Waals surface area contributed by atoms with Crippen LogP contribution in [0.2, 0.25) is 0 Å². The number of amides is 1. The molecule has 3 N–H and O–H groups in total. The van der Waals surface area contributed by atoms with Crippen LogP contribution in [0.1, 0.15) is 328 Å². The summed E-state index contributed by atoms with van der Waals surface area (Å²) in [5.41, 5.74) is 0. The number of carbonyl (C=O) groups is 2. The van der Waals surface area contributed by atoms with E-state index in [1.807, 2.05) is 6.08 Å². The Labute approximate surface area is 454 Å². The van der Waals surface area contributed by atoms with Crippen molar-refractivity contribution in [1.82, 2.24) is 5.32 Å². The Morgan fingerprint density at radius 3 is 1.08 bits per heavy atom. The third kappa shape index (κ3) is 58.7. The maximum Gasteiger partial charge on any atom is 0.305 e. The summed E-state index contributed by atoms with van der Waals surface area (Å²) in [7, 11) is 0. The van der Waals surface area contributed by atoms with Crippen LogP contribution in [-0.4, -0.2) is 47.4 Å². The second kappa shape index (κ2) is 62.1. The van der Waals surface area contributed by atoms with Gasteiger partial charge in [-0.05, 0) is 89.9 Å². The summed E-state index contributed by atoms with van der Waals surface area (Å²) >= 11 is 0. The molecule has 0 rings (SSSR count). The van der Waals surface area contributed by atoms with Crippen molar-refractivity contribution in [2.45, 2.75) is 341 Å². The van der Waals surface area contributed by atoms with Crippen LogP contribution < -0.4 is 5.32 Å². The molecule has 426 valence electrons. The van der Waals surface area contributed by atoms with E-state index in [0.717, 1.165) is 57.8 Å². The van der Waals surface area contributed by atoms with Gasteiger partial charge < -0.3 is 20.3 Å². The van der Waals surface area contributed by atoms with E-state index in [1.54, 1.807) is 6.08 Å². The van der Waals surface area contributed by atoms with Gasteiger partial charge in [0, 0.05) is 12.8 Å². The number of rotatable bonds is 59. The van der Waals surface area contributed by atoms with Crippen molar-refractivity contribution >= 4 is 11.9 Å². The van der Waals surface area contributed by atoms with Crippen molar-refractivity contribution < 1.29 is 24.5 Å². The summed E-state index contributed by atoms with van der Waals surface area (Å²) in [6, 6.07) is -0.629. The zero-order valence-electron chi connectivity index (χ0n) is 48.6. The number of hydrogen-bond acceptors (Lipinski definition) is 5. The molecule has 0 fully saturated rings. The first-order valence-corrected chi connectivity index (χ1v) is 32.1. The molecule has 0 spiro atoms. The van der Waals surface area contributed by atoms with Gasteiger partial charge in [-0.1, -0.05) is 286 Å². The molecular weight excluding hydrogens is 899 g/mol. The molecule has 6 nitrogen and oxygen atoms in total. The molecule has 0 aliphatic heterocycles. The van der Waals surface area contributed by atoms with E-state index in [4.69, 9.17) is 4.74 Å². The predicted octanol–water partition coefficient (Wildman–Crippen LogP) is 20.3. The molecule has 0 aromatic rings. The summed E-state index contributed by atoms with van der Waals surface area (Å²) in [5, 5.41) is 23.1. The molecule has 1 amide bonds. The maximum atomic E-state index is 12.5. The first-order valence-electron chi connectivity index (χ1n) is 32.1. The Hall–Kier alpha value is -2.44. The lowest BCUT2D eigenvalue weighted by Gasteiger charge is -2.20. The summed E-state index contributed by atoms with van der Waals surface area (Å²) in [6.07, 6.45) is 81.3. The highest BCUT2D eigenvalue weighted by molar-refractivity contribution is 5.76. The molecule has 0 aliphatic rings. The lowest BCUT2D eigenvalue weighted by molar-refractivity contribution is -0.143. The summed E-state index contributed by atoms with van der Waals surface area (Å²) in [5.74, 6) is -0.0729. The highest BCUT2D eigenvalue weighted by atomic mass is 16.5. The lowest BCUT2D eigenvalue weighted by Crippen LogP contribution is -2.45. The highest BCUT2D eigenvalue weighted by Gasteiger charge is 2.18. The number of aliphatic hydroxyl groups excluding tert-OH is 2. The monoisotopic (exact) mass is 1020 g/mol. The molecule has 0 bridgehead atoms. The number of nitrogens with one attached hydrogen (secondary N) is 1. The minimum atomic E-state index is -0.845. The van der Waals surface area contributed by atoms with Crippen LogP contribution in [0, 0.1) is 0 Å². The predicted molar refractivity (Wildman–Crippen MR) is 319 cm³/mol. The quantitative estimate of drug-likeness (QED) is 0.0320. The van der Waals surface area contributed by atoms with Crippen LogP contribution in [0.5, 0.6) is 0 Å². The average molecular weight is 1020 g/mol. The molecule has 0 saturated carbocycles. The van der Waals surface area contributed by atoms with Crippen molar-refractivity contribution in [2.24, 2.45) is 0 Å². The third-order valence-electron chi connectivity index (χ3n) is 14.5. The van der Waals surface area contributed by atoms with E-state index in [2.05, 4.69) is 67.8 Å². The number of ether oxygens (including phenoxy) is 1. The van der Waals surface area contributed by atoms with E-state index < -0.39 is 12.1 Å². The van der Waals surface area contributed by atoms with Crippen LogP contribution in [0.3, 0.4) is 0 Å². The minimum Gasteiger partial charge on any atom is -0.466 e. The number of hydrogen-bond donors (Lipinski definition) is 3. The number of carbonyl (C=O) groups excluding carboxylic acids is 2. The number of unbranched alkanes of at least 4 members (excludes halogenated alkanes) is 40. The fourth-order valence-corrected chi connectivity index (χ4v) is 9.56. The molecule has 0 aliphatic carbocycles. The molecule has 0 heterocycles. The standard InChI is InChI=1S/C67H123NO5/c1-3-5-7-9-11-13-15-17-37-41-45-49-53-57-61-67(72)73-62-58-54-50-46-42-38-34-32-30-28-26-24-22-20-18-19-21-23-25-27-29-31-33-36-40-44-48-52-56-60-66(71)68-64(63-69)65(70)59-55-51-47-43-39-35-16-14-12-10-8-6-4-2/h9,11,15,17-18,20,24,26,55,59,64-65,69-70H,3-8,10,12-14,16,19,21-23,25,27-54,56-58,60-63H2,1-2H3,(H,68,71)/b11-9-,17-15-,20-18-,26-24-,59-55+. The average Bonchev–Trinajstić information content (AvgIpc) is 3.39. The van der Waals surface area contributed by atoms with Gasteiger partial charge >= 0.3 is 5.97 Å². The Balaban J connectivity index is 3.43. The van der Waals surface area contributed by atoms with Gasteiger partial charge in [0.2, 0.25) is 5.91 Å². The van der Waals surface area contributed by atoms with Crippen LogP contribution in [0.25, 0.3) is 0 Å². The molecule has 2 unspecified atom stereocenters. The summed E-state index contributed by atoms with van der Waals surface area (Å²) in [4.78, 5) is 24.5. The second-order valence-corrected chi connectivity index (χ2v) is 21.7. The van der Waals surface area contributed by atoms with Crippen molar-refractivity contribution in [3.05, 3.63) is 60.8 Å². The smallest absolute Gasteiger partial charge is 0.305 e. The summed E-state index contributed by atoms with van der Waals surface area (Å²) < 4.78 is 5.47. The van der Waals surface area contributed by atoms with E-state index in [9.17, 15) is 19.8 Å². The van der Waals surface area contributed by atoms with Crippen LogP contribution in [-0.2, 0) is 14.3 Å². The molecule has 0 aromatic carbocycles. The van der Waals surface area contributed by atoms with Gasteiger partial charge in [-0.2, -0.15) is 0 Å². The van der Waals surface area contributed by atoms with Gasteiger partial charge in [-0.15, -0.1) is 0 Å². The first-order chi connectivity index (χ1) is 36.0. The van der Waals surface area contributed by atoms with Gasteiger partial charge in [0.05, 0.1) is 25.4 Å². The van der Waals surface area contributed by atoms with Gasteiger partial charge in [0.1, 0.15) is 0 Å². The van der Waals surface area contributed by atoms with Gasteiger partial charge in [0.15, 0.2) is 0 Å². The van der Waals surface area contributed by atoms with Gasteiger partial charge in [-0.3, -0.25) is 9.59 Å². The van der Waals surface area contributed by atoms with Crippen LogP contribution in [0.15, 0.2) is 60.8 Å². The molecule has 0 aromatic heterocycles. The Morgan fingerprint density at radius 2 is 0.699 bits per heavy atom. The number of allylic oxidation sites excluding steroid dienone is 9. The van der Waals surface area contributed by atoms with E-state index in [-0.39, 0.29) is 18.5 Å². The van der Waals surface area contributed by atoms with Crippen molar-refractivity contribution in [2.75, 3.05) is 13.2 Å². The first kappa shape index (κ1) is 70.6. The molecule has 73 heavy (non-hydrogen) atoms. The van der Waals surface area contributed by atoms with E-state index >= 15 is 0 Å². The van der Waals surface area contributed by atoms with E-state index in [0.29, 0.717) is 19.4 Å². The molecular formula is C67H123NO5. The SMILES string of the molecule is CCCC/C=C\C/C=C\CCCCCCCC(=O)OCCCCCCCCCCC/C=C\C/C=C\CCCCCCCCCCCCCCCC(=O)NC(CO)C(O)/C=C/CCCCCCCCCCCCC. The Kier molecular flexibility index (Phi) is 60.0. The molecule has 2 atom stereocenters. The van der Waals surface area contributed by atoms with Gasteiger partial charge in [0.25, 0.3) is 0 Å². The fraction of sp³-hybridized carbons (Fsp3) is 0.821. The third-order valence-corrected chi connectivity index (χ3v) is 14.5. The zero-order chi connectivity index (χ0) is 52.9. The van der Waals surface area contributed by atoms with Gasteiger partial charge in [-0.25, -0.2) is 0 Å². The fourth-order valence-electron chi connectivity index (χ4n) is 9.56. The Morgan fingerprint density at radius 1 is 0.384 bits per heavy atom. The van der Waals surface area contributed by atoms with Crippen molar-refractivity contribution in [3.63, 3.8) is 0 Å². The van der Waals surface area contributed by atoms with Crippen LogP contribution in [0.4, 0.5) is 0 Å². The number of aliphatic hydroxyl groups is 2. The second-order valence-electron chi connectivity index (χ2n) is 21.7. The zero-order valence-corrected chi connectivity index (χ0v) is 48.6. The van der Waals surface area contributed by atoms with Crippen molar-refractivity contribution in [3.8, 4) is 0 Å². The largest absolute Gasteiger partial charge is 0.466 e. The Bertz CT molecular complexity index is 1270. The lowest BCUT2D eigenvalue weighted by atomic mass is 10.0. The highest BCUT2D eigenvalue weighted by Crippen LogP contribution is 2.16. The van der Waals surface area contributed by atoms with Crippen molar-refractivity contribution in [1.29, 1.82) is 0 Å². The normalized spacial score (nSPS) is 13.0. The minimum absolute atomic E-state index is 0.00357. The molecule has 6 heteroatoms. The molecule has 0 radical (unpaired) electrons. The number of esters is 1.